The molecule has 0 aliphatic heterocycles. The van der Waals surface area contributed by atoms with Crippen molar-refractivity contribution < 1.29 is 13.9 Å². The topological polar surface area (TPSA) is 89.4 Å². The molecule has 0 atom stereocenters. The molecule has 0 aliphatic carbocycles. The predicted octanol–water partition coefficient (Wildman–Crippen LogP) is 4.46. The number of rotatable bonds is 4. The third kappa shape index (κ3) is 3.46. The lowest BCUT2D eigenvalue weighted by molar-refractivity contribution is 0.465. The summed E-state index contributed by atoms with van der Waals surface area (Å²) < 4.78 is 11.0. The maximum atomic E-state index is 11.9. The number of hydrogen-bond acceptors (Lipinski definition) is 7. The molecule has 4 aromatic rings. The van der Waals surface area contributed by atoms with Crippen molar-refractivity contribution >= 4 is 22.7 Å². The maximum absolute atomic E-state index is 11.9. The van der Waals surface area contributed by atoms with Gasteiger partial charge in [0.1, 0.15) is 11.3 Å². The van der Waals surface area contributed by atoms with E-state index in [1.807, 2.05) is 31.2 Å². The van der Waals surface area contributed by atoms with Gasteiger partial charge in [0.15, 0.2) is 0 Å². The van der Waals surface area contributed by atoms with E-state index >= 15 is 0 Å². The van der Waals surface area contributed by atoms with Gasteiger partial charge < -0.3 is 13.9 Å². The second kappa shape index (κ2) is 6.92. The van der Waals surface area contributed by atoms with Crippen molar-refractivity contribution in [2.45, 2.75) is 24.8 Å². The molecule has 27 heavy (non-hydrogen) atoms. The van der Waals surface area contributed by atoms with Gasteiger partial charge in [-0.2, -0.15) is 0 Å². The van der Waals surface area contributed by atoms with Crippen LogP contribution in [-0.4, -0.2) is 15.3 Å². The molecular weight excluding hydrogens is 364 g/mol. The van der Waals surface area contributed by atoms with Gasteiger partial charge in [0.25, 0.3) is 5.22 Å². The molecule has 0 unspecified atom stereocenters. The first-order valence-corrected chi connectivity index (χ1v) is 9.28. The van der Waals surface area contributed by atoms with Gasteiger partial charge >= 0.3 is 5.63 Å². The van der Waals surface area contributed by atoms with Crippen LogP contribution in [0.15, 0.2) is 61.3 Å². The number of aryl methyl sites for hydroxylation is 2. The fourth-order valence-electron chi connectivity index (χ4n) is 2.76. The number of benzene rings is 2. The molecule has 0 bridgehead atoms. The number of thioether (sulfide) groups is 1. The first-order chi connectivity index (χ1) is 13.0. The molecule has 0 aliphatic rings. The molecule has 0 spiro atoms. The first-order valence-electron chi connectivity index (χ1n) is 8.30. The van der Waals surface area contributed by atoms with E-state index in [2.05, 4.69) is 10.2 Å². The van der Waals surface area contributed by atoms with Crippen LogP contribution in [0, 0.1) is 13.8 Å². The Morgan fingerprint density at radius 1 is 1.04 bits per heavy atom. The molecule has 2 aromatic carbocycles. The summed E-state index contributed by atoms with van der Waals surface area (Å²) in [5.41, 5.74) is 3.27. The summed E-state index contributed by atoms with van der Waals surface area (Å²) in [6, 6.07) is 12.6. The van der Waals surface area contributed by atoms with E-state index in [0.717, 1.165) is 22.1 Å². The monoisotopic (exact) mass is 380 g/mol. The highest BCUT2D eigenvalue weighted by atomic mass is 32.2. The number of nitrogens with zero attached hydrogens (tertiary/aromatic N) is 2. The van der Waals surface area contributed by atoms with Crippen molar-refractivity contribution in [3.63, 3.8) is 0 Å². The minimum absolute atomic E-state index is 0.0927. The Bertz CT molecular complexity index is 1180. The van der Waals surface area contributed by atoms with Crippen LogP contribution in [0.3, 0.4) is 0 Å². The average Bonchev–Trinajstić information content (AvgIpc) is 3.13. The zero-order chi connectivity index (χ0) is 19.0. The van der Waals surface area contributed by atoms with Crippen LogP contribution < -0.4 is 5.63 Å². The average molecular weight is 380 g/mol. The van der Waals surface area contributed by atoms with Gasteiger partial charge in [0, 0.05) is 28.3 Å². The smallest absolute Gasteiger partial charge is 0.336 e. The van der Waals surface area contributed by atoms with Crippen LogP contribution in [0.5, 0.6) is 5.75 Å². The van der Waals surface area contributed by atoms with Crippen molar-refractivity contribution in [2.75, 3.05) is 0 Å². The normalized spacial score (nSPS) is 11.2. The highest BCUT2D eigenvalue weighted by molar-refractivity contribution is 7.98. The predicted molar refractivity (Wildman–Crippen MR) is 103 cm³/mol. The van der Waals surface area contributed by atoms with Crippen LogP contribution in [0.2, 0.25) is 0 Å². The van der Waals surface area contributed by atoms with Crippen molar-refractivity contribution in [3.05, 3.63) is 69.6 Å². The largest absolute Gasteiger partial charge is 0.508 e. The zero-order valence-electron chi connectivity index (χ0n) is 14.7. The second-order valence-corrected chi connectivity index (χ2v) is 7.13. The summed E-state index contributed by atoms with van der Waals surface area (Å²) in [6.07, 6.45) is 0. The van der Waals surface area contributed by atoms with Crippen molar-refractivity contribution in [2.24, 2.45) is 0 Å². The Kier molecular flexibility index (Phi) is 4.45. The number of aromatic nitrogens is 2. The van der Waals surface area contributed by atoms with Crippen LogP contribution in [0.1, 0.15) is 16.7 Å². The van der Waals surface area contributed by atoms with E-state index in [0.29, 0.717) is 28.0 Å². The molecule has 0 amide bonds. The molecule has 136 valence electrons. The Morgan fingerprint density at radius 2 is 1.81 bits per heavy atom. The van der Waals surface area contributed by atoms with E-state index in [4.69, 9.17) is 8.83 Å². The third-order valence-corrected chi connectivity index (χ3v) is 5.14. The molecule has 7 heteroatoms. The zero-order valence-corrected chi connectivity index (χ0v) is 15.5. The van der Waals surface area contributed by atoms with Crippen LogP contribution in [-0.2, 0) is 5.75 Å². The molecule has 6 nitrogen and oxygen atoms in total. The van der Waals surface area contributed by atoms with Gasteiger partial charge in [-0.25, -0.2) is 4.79 Å². The fraction of sp³-hybridized carbons (Fsp3) is 0.150. The Balaban J connectivity index is 1.60. The van der Waals surface area contributed by atoms with Gasteiger partial charge in [-0.05, 0) is 43.7 Å². The van der Waals surface area contributed by atoms with E-state index in [1.54, 1.807) is 19.1 Å². The highest BCUT2D eigenvalue weighted by Crippen LogP contribution is 2.31. The molecule has 0 fully saturated rings. The summed E-state index contributed by atoms with van der Waals surface area (Å²) in [5.74, 6) is 1.01. The van der Waals surface area contributed by atoms with E-state index < -0.39 is 5.63 Å². The van der Waals surface area contributed by atoms with Gasteiger partial charge in [0.2, 0.25) is 5.89 Å². The minimum atomic E-state index is -0.460. The molecule has 2 heterocycles. The van der Waals surface area contributed by atoms with Crippen molar-refractivity contribution in [3.8, 4) is 17.2 Å². The summed E-state index contributed by atoms with van der Waals surface area (Å²) in [5, 5.41) is 19.2. The lowest BCUT2D eigenvalue weighted by Gasteiger charge is -2.07. The Hall–Kier alpha value is -3.06. The van der Waals surface area contributed by atoms with Gasteiger partial charge in [-0.3, -0.25) is 0 Å². The maximum Gasteiger partial charge on any atom is 0.336 e. The van der Waals surface area contributed by atoms with Crippen LogP contribution in [0.4, 0.5) is 0 Å². The van der Waals surface area contributed by atoms with E-state index in [-0.39, 0.29) is 5.75 Å². The third-order valence-electron chi connectivity index (χ3n) is 4.27. The SMILES string of the molecule is Cc1ccc(-c2nnc(SCc3cc(=O)oc4c(C)c(O)ccc34)o2)cc1. The fourth-order valence-corrected chi connectivity index (χ4v) is 3.51. The number of hydrogen-bond donors (Lipinski definition) is 1. The molecule has 1 N–H and O–H groups in total. The van der Waals surface area contributed by atoms with Gasteiger partial charge in [0.05, 0.1) is 0 Å². The van der Waals surface area contributed by atoms with Crippen LogP contribution >= 0.6 is 11.8 Å². The molecule has 2 aromatic heterocycles. The summed E-state index contributed by atoms with van der Waals surface area (Å²) in [6.45, 7) is 3.73. The first kappa shape index (κ1) is 17.4. The number of fused-ring (bicyclic) bond motifs is 1. The minimum Gasteiger partial charge on any atom is -0.508 e. The molecular formula is C20H16N2O4S. The van der Waals surface area contributed by atoms with E-state index in [9.17, 15) is 9.90 Å². The van der Waals surface area contributed by atoms with Crippen LogP contribution in [0.25, 0.3) is 22.4 Å². The molecule has 0 saturated heterocycles. The summed E-state index contributed by atoms with van der Waals surface area (Å²) >= 11 is 1.34. The lowest BCUT2D eigenvalue weighted by Crippen LogP contribution is -2.01. The Labute approximate surface area is 158 Å². The Morgan fingerprint density at radius 3 is 2.59 bits per heavy atom. The van der Waals surface area contributed by atoms with Crippen molar-refractivity contribution in [1.29, 1.82) is 0 Å². The second-order valence-electron chi connectivity index (χ2n) is 6.20. The number of phenols is 1. The molecule has 0 radical (unpaired) electrons. The van der Waals surface area contributed by atoms with Gasteiger partial charge in [-0.15, -0.1) is 10.2 Å². The number of phenolic OH excluding ortho intramolecular Hbond substituents is 1. The quantitative estimate of drug-likeness (QED) is 0.413. The summed E-state index contributed by atoms with van der Waals surface area (Å²) in [4.78, 5) is 11.9. The molecule has 4 rings (SSSR count). The van der Waals surface area contributed by atoms with E-state index in [1.165, 1.54) is 17.8 Å². The molecule has 0 saturated carbocycles. The number of aromatic hydroxyl groups is 1. The van der Waals surface area contributed by atoms with Gasteiger partial charge in [-0.1, -0.05) is 29.5 Å². The van der Waals surface area contributed by atoms with Crippen molar-refractivity contribution in [1.82, 2.24) is 10.2 Å². The highest BCUT2D eigenvalue weighted by Gasteiger charge is 2.13. The lowest BCUT2D eigenvalue weighted by atomic mass is 10.1. The summed E-state index contributed by atoms with van der Waals surface area (Å²) in [7, 11) is 0. The standard InChI is InChI=1S/C20H16N2O4S/c1-11-3-5-13(6-4-11)19-21-22-20(26-19)27-10-14-9-17(24)25-18-12(2)16(23)8-7-15(14)18/h3-9,23H,10H2,1-2H3.